The first-order valence-electron chi connectivity index (χ1n) is 12.6. The number of benzene rings is 2. The molecule has 9 heteroatoms. The van der Waals surface area contributed by atoms with Crippen molar-refractivity contribution in [2.75, 3.05) is 0 Å². The predicted molar refractivity (Wildman–Crippen MR) is 130 cm³/mol. The van der Waals surface area contributed by atoms with Gasteiger partial charge in [-0.15, -0.1) is 0 Å². The number of aliphatic carboxylic acids is 1. The van der Waals surface area contributed by atoms with Gasteiger partial charge in [0.2, 0.25) is 0 Å². The van der Waals surface area contributed by atoms with Gasteiger partial charge in [0, 0.05) is 29.2 Å². The molecule has 38 heavy (non-hydrogen) atoms. The summed E-state index contributed by atoms with van der Waals surface area (Å²) in [4.78, 5) is 16.5. The molecule has 1 aromatic heterocycles. The number of halogens is 5. The Labute approximate surface area is 216 Å². The third-order valence-corrected chi connectivity index (χ3v) is 7.67. The Morgan fingerprint density at radius 2 is 1.63 bits per heavy atom. The number of rotatable bonds is 5. The second kappa shape index (κ2) is 10.1. The Bertz CT molecular complexity index is 1330. The number of carboxylic acids is 1. The molecule has 1 saturated carbocycles. The molecular weight excluding hydrogens is 505 g/mol. The lowest BCUT2D eigenvalue weighted by atomic mass is 9.77. The number of nitrogens with zero attached hydrogens (tertiary/aromatic N) is 1. The van der Waals surface area contributed by atoms with Crippen LogP contribution in [0.2, 0.25) is 0 Å². The normalized spacial score (nSPS) is 20.8. The summed E-state index contributed by atoms with van der Waals surface area (Å²) >= 11 is 0. The molecule has 0 amide bonds. The largest absolute Gasteiger partial charge is 0.481 e. The maximum atomic E-state index is 16.6. The second-order valence-corrected chi connectivity index (χ2v) is 10.1. The zero-order valence-corrected chi connectivity index (χ0v) is 20.3. The van der Waals surface area contributed by atoms with E-state index in [-0.39, 0.29) is 29.9 Å². The minimum Gasteiger partial charge on any atom is -0.481 e. The first-order valence-corrected chi connectivity index (χ1v) is 12.6. The highest BCUT2D eigenvalue weighted by Crippen LogP contribution is 2.49. The van der Waals surface area contributed by atoms with E-state index in [9.17, 15) is 32.6 Å². The molecular formula is C29H26F5NO3. The van der Waals surface area contributed by atoms with Crippen molar-refractivity contribution in [3.05, 3.63) is 88.0 Å². The molecule has 2 N–H and O–H groups in total. The van der Waals surface area contributed by atoms with Crippen LogP contribution < -0.4 is 0 Å². The summed E-state index contributed by atoms with van der Waals surface area (Å²) in [5.41, 5.74) is 1.03. The SMILES string of the molecule is O=C(O)C1Cc2nc(C3CCCC3)c(C(F)c3ccc(C(F)(F)F)cc3)c(-c3ccc(F)cc3)c2C(O)C1. The molecule has 0 spiro atoms. The Morgan fingerprint density at radius 3 is 2.21 bits per heavy atom. The fraction of sp³-hybridized carbons (Fsp3) is 0.379. The van der Waals surface area contributed by atoms with E-state index in [1.54, 1.807) is 0 Å². The van der Waals surface area contributed by atoms with Crippen LogP contribution in [0.5, 0.6) is 0 Å². The Morgan fingerprint density at radius 1 is 1.00 bits per heavy atom. The van der Waals surface area contributed by atoms with Crippen molar-refractivity contribution in [2.45, 2.75) is 62.9 Å². The summed E-state index contributed by atoms with van der Waals surface area (Å²) in [6, 6.07) is 9.18. The topological polar surface area (TPSA) is 70.4 Å². The van der Waals surface area contributed by atoms with Gasteiger partial charge < -0.3 is 10.2 Å². The van der Waals surface area contributed by atoms with Gasteiger partial charge in [-0.3, -0.25) is 9.78 Å². The molecule has 3 atom stereocenters. The highest BCUT2D eigenvalue weighted by molar-refractivity contribution is 5.77. The fourth-order valence-corrected chi connectivity index (χ4v) is 5.79. The summed E-state index contributed by atoms with van der Waals surface area (Å²) in [6.45, 7) is 0. The van der Waals surface area contributed by atoms with Crippen molar-refractivity contribution in [3.8, 4) is 11.1 Å². The van der Waals surface area contributed by atoms with Gasteiger partial charge in [-0.25, -0.2) is 8.78 Å². The monoisotopic (exact) mass is 531 g/mol. The number of pyridine rings is 1. The van der Waals surface area contributed by atoms with Gasteiger partial charge in [0.15, 0.2) is 6.17 Å². The third-order valence-electron chi connectivity index (χ3n) is 7.67. The van der Waals surface area contributed by atoms with E-state index in [1.165, 1.54) is 24.3 Å². The second-order valence-electron chi connectivity index (χ2n) is 10.1. The van der Waals surface area contributed by atoms with Crippen LogP contribution in [0.4, 0.5) is 22.0 Å². The van der Waals surface area contributed by atoms with Crippen LogP contribution in [0.1, 0.15) is 83.9 Å². The average Bonchev–Trinajstić information content (AvgIpc) is 3.42. The molecule has 5 rings (SSSR count). The van der Waals surface area contributed by atoms with Crippen LogP contribution >= 0.6 is 0 Å². The number of aliphatic hydroxyl groups is 1. The number of aromatic nitrogens is 1. The van der Waals surface area contributed by atoms with E-state index in [1.807, 2.05) is 0 Å². The lowest BCUT2D eigenvalue weighted by Gasteiger charge is -2.32. The molecule has 2 aliphatic carbocycles. The van der Waals surface area contributed by atoms with Crippen molar-refractivity contribution in [1.82, 2.24) is 4.98 Å². The number of hydrogen-bond donors (Lipinski definition) is 2. The molecule has 4 nitrogen and oxygen atoms in total. The first kappa shape index (κ1) is 26.3. The molecule has 3 unspecified atom stereocenters. The molecule has 200 valence electrons. The van der Waals surface area contributed by atoms with E-state index >= 15 is 4.39 Å². The molecule has 2 aromatic carbocycles. The summed E-state index contributed by atoms with van der Waals surface area (Å²) in [5, 5.41) is 20.7. The predicted octanol–water partition coefficient (Wildman–Crippen LogP) is 7.30. The standard InChI is InChI=1S/C29H26F5NO3/c30-20-11-7-15(8-12-20)23-24-21(13-18(28(37)38)14-22(24)36)35-27(17-3-1-2-4-17)25(23)26(31)16-5-9-19(10-6-16)29(32,33)34/h5-12,17-18,22,26,36H,1-4,13-14H2,(H,37,38). The summed E-state index contributed by atoms with van der Waals surface area (Å²) in [5.74, 6) is -2.59. The van der Waals surface area contributed by atoms with Crippen molar-refractivity contribution >= 4 is 5.97 Å². The first-order chi connectivity index (χ1) is 18.0. The minimum atomic E-state index is -4.57. The highest BCUT2D eigenvalue weighted by Gasteiger charge is 2.39. The highest BCUT2D eigenvalue weighted by atomic mass is 19.4. The summed E-state index contributed by atoms with van der Waals surface area (Å²) < 4.78 is 69.9. The molecule has 0 saturated heterocycles. The van der Waals surface area contributed by atoms with Gasteiger partial charge in [0.25, 0.3) is 0 Å². The summed E-state index contributed by atoms with van der Waals surface area (Å²) in [7, 11) is 0. The number of carboxylic acid groups (broad SMARTS) is 1. The minimum absolute atomic E-state index is 0.00364. The fourth-order valence-electron chi connectivity index (χ4n) is 5.79. The van der Waals surface area contributed by atoms with Crippen molar-refractivity contribution in [3.63, 3.8) is 0 Å². The number of fused-ring (bicyclic) bond motifs is 1. The lowest BCUT2D eigenvalue weighted by molar-refractivity contribution is -0.143. The molecule has 3 aromatic rings. The van der Waals surface area contributed by atoms with Crippen molar-refractivity contribution in [2.24, 2.45) is 5.92 Å². The van der Waals surface area contributed by atoms with Gasteiger partial charge in [-0.1, -0.05) is 37.1 Å². The Kier molecular flexibility index (Phi) is 6.98. The Hall–Kier alpha value is -3.33. The maximum Gasteiger partial charge on any atom is 0.416 e. The molecule has 1 fully saturated rings. The van der Waals surface area contributed by atoms with Crippen LogP contribution in [0.15, 0.2) is 48.5 Å². The van der Waals surface area contributed by atoms with Gasteiger partial charge in [0.1, 0.15) is 5.82 Å². The number of carbonyl (C=O) groups is 1. The zero-order chi connectivity index (χ0) is 27.2. The van der Waals surface area contributed by atoms with Crippen LogP contribution in [-0.4, -0.2) is 21.2 Å². The number of hydrogen-bond acceptors (Lipinski definition) is 3. The smallest absolute Gasteiger partial charge is 0.416 e. The van der Waals surface area contributed by atoms with E-state index in [4.69, 9.17) is 4.98 Å². The van der Waals surface area contributed by atoms with Crippen molar-refractivity contribution in [1.29, 1.82) is 0 Å². The van der Waals surface area contributed by atoms with Crippen LogP contribution in [-0.2, 0) is 17.4 Å². The van der Waals surface area contributed by atoms with Gasteiger partial charge >= 0.3 is 12.1 Å². The lowest BCUT2D eigenvalue weighted by Crippen LogP contribution is -2.28. The van der Waals surface area contributed by atoms with E-state index in [0.29, 0.717) is 28.1 Å². The number of alkyl halides is 4. The maximum absolute atomic E-state index is 16.6. The van der Waals surface area contributed by atoms with E-state index in [2.05, 4.69) is 0 Å². The average molecular weight is 532 g/mol. The molecule has 0 radical (unpaired) electrons. The third kappa shape index (κ3) is 4.91. The zero-order valence-electron chi connectivity index (χ0n) is 20.3. The van der Waals surface area contributed by atoms with Crippen LogP contribution in [0.25, 0.3) is 11.1 Å². The van der Waals surface area contributed by atoms with Crippen molar-refractivity contribution < 1.29 is 37.0 Å². The van der Waals surface area contributed by atoms with Gasteiger partial charge in [0.05, 0.1) is 23.3 Å². The molecule has 1 heterocycles. The van der Waals surface area contributed by atoms with E-state index < -0.39 is 41.7 Å². The number of aliphatic hydroxyl groups excluding tert-OH is 1. The van der Waals surface area contributed by atoms with Gasteiger partial charge in [-0.2, -0.15) is 13.2 Å². The van der Waals surface area contributed by atoms with E-state index in [0.717, 1.165) is 49.9 Å². The van der Waals surface area contributed by atoms with Crippen LogP contribution in [0.3, 0.4) is 0 Å². The van der Waals surface area contributed by atoms with Gasteiger partial charge in [-0.05, 0) is 60.2 Å². The molecule has 2 aliphatic rings. The molecule has 0 aliphatic heterocycles. The Balaban J connectivity index is 1.76. The summed E-state index contributed by atoms with van der Waals surface area (Å²) in [6.07, 6.45) is -4.52. The molecule has 0 bridgehead atoms. The van der Waals surface area contributed by atoms with Crippen LogP contribution in [0, 0.1) is 11.7 Å². The quantitative estimate of drug-likeness (QED) is 0.339.